The van der Waals surface area contributed by atoms with E-state index in [-0.39, 0.29) is 6.54 Å². The lowest BCUT2D eigenvalue weighted by Crippen LogP contribution is -2.49. The van der Waals surface area contributed by atoms with Gasteiger partial charge in [-0.05, 0) is 39.6 Å². The van der Waals surface area contributed by atoms with Crippen LogP contribution >= 0.6 is 0 Å². The molecule has 0 aromatic carbocycles. The summed E-state index contributed by atoms with van der Waals surface area (Å²) in [7, 11) is 1.40. The minimum absolute atomic E-state index is 0.176. The van der Waals surface area contributed by atoms with Gasteiger partial charge in [0.25, 0.3) is 0 Å². The summed E-state index contributed by atoms with van der Waals surface area (Å²) < 4.78 is 10.7. The zero-order valence-electron chi connectivity index (χ0n) is 14.1. The minimum Gasteiger partial charge on any atom is -0.481 e. The van der Waals surface area contributed by atoms with Gasteiger partial charge in [-0.25, -0.2) is 4.79 Å². The molecule has 23 heavy (non-hydrogen) atoms. The first kappa shape index (κ1) is 19.1. The van der Waals surface area contributed by atoms with Crippen LogP contribution in [0.2, 0.25) is 0 Å². The molecular weight excluding hydrogens is 304 g/mol. The summed E-state index contributed by atoms with van der Waals surface area (Å²) in [6, 6.07) is -0.965. The molecule has 1 amide bonds. The van der Waals surface area contributed by atoms with Gasteiger partial charge in [0, 0.05) is 18.6 Å². The summed E-state index contributed by atoms with van der Waals surface area (Å²) in [5, 5.41) is 12.9. The van der Waals surface area contributed by atoms with Crippen LogP contribution in [0.15, 0.2) is 5.11 Å². The Morgan fingerprint density at radius 1 is 1.43 bits per heavy atom. The monoisotopic (exact) mass is 328 g/mol. The molecule has 9 nitrogen and oxygen atoms in total. The lowest BCUT2D eigenvalue weighted by molar-refractivity contribution is -0.147. The van der Waals surface area contributed by atoms with Crippen LogP contribution in [0.25, 0.3) is 10.4 Å². The molecule has 4 atom stereocenters. The number of aliphatic carboxylic acids is 1. The van der Waals surface area contributed by atoms with Crippen LogP contribution < -0.4 is 0 Å². The number of azide groups is 1. The van der Waals surface area contributed by atoms with Gasteiger partial charge in [-0.2, -0.15) is 0 Å². The van der Waals surface area contributed by atoms with Crippen LogP contribution in [0.1, 0.15) is 34.1 Å². The highest BCUT2D eigenvalue weighted by Gasteiger charge is 2.44. The lowest BCUT2D eigenvalue weighted by atomic mass is 9.95. The van der Waals surface area contributed by atoms with Crippen LogP contribution in [-0.2, 0) is 14.3 Å². The Morgan fingerprint density at radius 3 is 2.48 bits per heavy atom. The van der Waals surface area contributed by atoms with Gasteiger partial charge < -0.3 is 19.5 Å². The van der Waals surface area contributed by atoms with E-state index in [2.05, 4.69) is 10.0 Å². The Balaban J connectivity index is 3.05. The Morgan fingerprint density at radius 2 is 2.04 bits per heavy atom. The summed E-state index contributed by atoms with van der Waals surface area (Å²) in [5.41, 5.74) is 7.93. The number of nitrogens with zero attached hydrogens (tertiary/aromatic N) is 4. The number of carbonyl (C=O) groups excluding carboxylic acids is 1. The number of carboxylic acid groups (broad SMARTS) is 1. The predicted octanol–water partition coefficient (Wildman–Crippen LogP) is 2.41. The second kappa shape index (κ2) is 7.52. The van der Waals surface area contributed by atoms with Crippen LogP contribution in [-0.4, -0.2) is 59.5 Å². The number of carbonyl (C=O) groups is 2. The average molecular weight is 328 g/mol. The minimum atomic E-state index is -1.02. The third kappa shape index (κ3) is 5.01. The molecule has 0 aromatic rings. The second-order valence-electron chi connectivity index (χ2n) is 6.62. The van der Waals surface area contributed by atoms with E-state index in [1.807, 2.05) is 0 Å². The van der Waals surface area contributed by atoms with Gasteiger partial charge in [-0.3, -0.25) is 4.79 Å². The maximum absolute atomic E-state index is 12.4. The van der Waals surface area contributed by atoms with E-state index in [9.17, 15) is 14.7 Å². The van der Waals surface area contributed by atoms with Crippen molar-refractivity contribution in [3.63, 3.8) is 0 Å². The fraction of sp³-hybridized carbons (Fsp3) is 0.857. The molecule has 1 N–H and O–H groups in total. The fourth-order valence-corrected chi connectivity index (χ4v) is 2.68. The van der Waals surface area contributed by atoms with E-state index in [0.717, 1.165) is 0 Å². The molecule has 1 saturated heterocycles. The van der Waals surface area contributed by atoms with E-state index in [4.69, 9.17) is 15.0 Å². The number of amides is 1. The maximum atomic E-state index is 12.4. The van der Waals surface area contributed by atoms with Crippen molar-refractivity contribution in [1.29, 1.82) is 0 Å². The summed E-state index contributed by atoms with van der Waals surface area (Å²) in [4.78, 5) is 27.8. The topological polar surface area (TPSA) is 125 Å². The molecule has 1 fully saturated rings. The number of hydrogen-bond donors (Lipinski definition) is 1. The quantitative estimate of drug-likeness (QED) is 0.471. The smallest absolute Gasteiger partial charge is 0.410 e. The Labute approximate surface area is 135 Å². The number of hydrogen-bond acceptors (Lipinski definition) is 5. The van der Waals surface area contributed by atoms with Crippen molar-refractivity contribution in [3.05, 3.63) is 10.4 Å². The Hall–Kier alpha value is -1.99. The SMILES string of the molecule is CO[C@H]([C@@H](C)C(=O)O)[C@@H]1C[C@H](N=[N+]=[N-])CN1C(=O)OC(C)(C)C. The molecule has 0 aromatic heterocycles. The molecule has 1 aliphatic rings. The van der Waals surface area contributed by atoms with Crippen molar-refractivity contribution in [3.8, 4) is 0 Å². The number of likely N-dealkylation sites (tertiary alicyclic amines) is 1. The number of methoxy groups -OCH3 is 1. The van der Waals surface area contributed by atoms with E-state index in [1.165, 1.54) is 18.9 Å². The summed E-state index contributed by atoms with van der Waals surface area (Å²) >= 11 is 0. The first-order chi connectivity index (χ1) is 10.6. The predicted molar refractivity (Wildman–Crippen MR) is 81.9 cm³/mol. The van der Waals surface area contributed by atoms with Crippen LogP contribution in [0.5, 0.6) is 0 Å². The van der Waals surface area contributed by atoms with Crippen molar-refractivity contribution in [2.24, 2.45) is 11.0 Å². The molecule has 130 valence electrons. The third-order valence-electron chi connectivity index (χ3n) is 3.70. The van der Waals surface area contributed by atoms with E-state index < -0.39 is 41.8 Å². The molecule has 1 aliphatic heterocycles. The summed E-state index contributed by atoms with van der Waals surface area (Å²) in [5.74, 6) is -1.84. The third-order valence-corrected chi connectivity index (χ3v) is 3.70. The van der Waals surface area contributed by atoms with Crippen molar-refractivity contribution >= 4 is 12.1 Å². The highest BCUT2D eigenvalue weighted by molar-refractivity contribution is 5.72. The molecule has 9 heteroatoms. The number of ether oxygens (including phenoxy) is 2. The van der Waals surface area contributed by atoms with E-state index in [0.29, 0.717) is 6.42 Å². The molecule has 1 heterocycles. The van der Waals surface area contributed by atoms with Gasteiger partial charge in [0.05, 0.1) is 24.1 Å². The van der Waals surface area contributed by atoms with Crippen molar-refractivity contribution in [2.75, 3.05) is 13.7 Å². The largest absolute Gasteiger partial charge is 0.481 e. The highest BCUT2D eigenvalue weighted by Crippen LogP contribution is 2.29. The second-order valence-corrected chi connectivity index (χ2v) is 6.62. The maximum Gasteiger partial charge on any atom is 0.410 e. The molecule has 0 aliphatic carbocycles. The molecule has 0 spiro atoms. The van der Waals surface area contributed by atoms with Crippen molar-refractivity contribution in [2.45, 2.75) is 57.9 Å². The zero-order chi connectivity index (χ0) is 17.8. The van der Waals surface area contributed by atoms with Gasteiger partial charge in [-0.1, -0.05) is 5.11 Å². The van der Waals surface area contributed by atoms with E-state index in [1.54, 1.807) is 20.8 Å². The number of rotatable bonds is 5. The molecule has 1 rings (SSSR count). The van der Waals surface area contributed by atoms with Crippen LogP contribution in [0.3, 0.4) is 0 Å². The average Bonchev–Trinajstić information content (AvgIpc) is 2.82. The van der Waals surface area contributed by atoms with E-state index >= 15 is 0 Å². The first-order valence-corrected chi connectivity index (χ1v) is 7.40. The number of carboxylic acids is 1. The molecule has 0 saturated carbocycles. The van der Waals surface area contributed by atoms with Crippen molar-refractivity contribution in [1.82, 2.24) is 4.90 Å². The Bertz CT molecular complexity index is 498. The van der Waals surface area contributed by atoms with Crippen LogP contribution in [0, 0.1) is 5.92 Å². The highest BCUT2D eigenvalue weighted by atomic mass is 16.6. The van der Waals surface area contributed by atoms with Crippen LogP contribution in [0.4, 0.5) is 4.79 Å². The fourth-order valence-electron chi connectivity index (χ4n) is 2.68. The summed E-state index contributed by atoms with van der Waals surface area (Å²) in [6.07, 6.45) is -0.962. The molecule has 0 bridgehead atoms. The van der Waals surface area contributed by atoms with Gasteiger partial charge >= 0.3 is 12.1 Å². The van der Waals surface area contributed by atoms with Crippen molar-refractivity contribution < 1.29 is 24.2 Å². The summed E-state index contributed by atoms with van der Waals surface area (Å²) in [6.45, 7) is 6.93. The van der Waals surface area contributed by atoms with Gasteiger partial charge in [0.15, 0.2) is 0 Å². The molecular formula is C14H24N4O5. The van der Waals surface area contributed by atoms with Gasteiger partial charge in [0.2, 0.25) is 0 Å². The molecule has 0 unspecified atom stereocenters. The van der Waals surface area contributed by atoms with Gasteiger partial charge in [0.1, 0.15) is 5.60 Å². The molecule has 0 radical (unpaired) electrons. The first-order valence-electron chi connectivity index (χ1n) is 7.40. The lowest BCUT2D eigenvalue weighted by Gasteiger charge is -2.33. The van der Waals surface area contributed by atoms with Gasteiger partial charge in [-0.15, -0.1) is 0 Å². The zero-order valence-corrected chi connectivity index (χ0v) is 14.1. The normalized spacial score (nSPS) is 23.8. The Kier molecular flexibility index (Phi) is 6.23. The standard InChI is InChI=1S/C14H24N4O5/c1-8(12(19)20)11(22-5)10-6-9(16-17-15)7-18(10)13(21)23-14(2,3)4/h8-11H,6-7H2,1-5H3,(H,19,20)/t8-,9+,10+,11-/m1/s1.